The Morgan fingerprint density at radius 3 is 2.23 bits per heavy atom. The van der Waals surface area contributed by atoms with E-state index in [1.807, 2.05) is 45.2 Å². The molecule has 2 aromatic carbocycles. The van der Waals surface area contributed by atoms with Crippen LogP contribution in [-0.4, -0.2) is 65.3 Å². The summed E-state index contributed by atoms with van der Waals surface area (Å²) in [5.74, 6) is -1.00. The highest BCUT2D eigenvalue weighted by Crippen LogP contribution is 2.44. The molecule has 6 heteroatoms. The molecule has 1 aliphatic heterocycles. The van der Waals surface area contributed by atoms with Crippen molar-refractivity contribution in [1.82, 2.24) is 9.80 Å². The predicted octanol–water partition coefficient (Wildman–Crippen LogP) is 4.19. The van der Waals surface area contributed by atoms with E-state index in [2.05, 4.69) is 29.2 Å². The van der Waals surface area contributed by atoms with Crippen molar-refractivity contribution < 1.29 is 19.4 Å². The maximum Gasteiger partial charge on any atom is 0.410 e. The molecule has 0 spiro atoms. The van der Waals surface area contributed by atoms with Crippen LogP contribution in [0.2, 0.25) is 0 Å². The van der Waals surface area contributed by atoms with E-state index in [1.165, 1.54) is 4.90 Å². The van der Waals surface area contributed by atoms with Gasteiger partial charge >= 0.3 is 12.1 Å². The number of ether oxygens (including phenoxy) is 1. The number of hydrogen-bond donors (Lipinski definition) is 1. The lowest BCUT2D eigenvalue weighted by molar-refractivity contribution is -0.155. The van der Waals surface area contributed by atoms with Crippen molar-refractivity contribution in [3.05, 3.63) is 59.7 Å². The third-order valence-corrected chi connectivity index (χ3v) is 7.05. The summed E-state index contributed by atoms with van der Waals surface area (Å²) >= 11 is 0. The van der Waals surface area contributed by atoms with Crippen LogP contribution in [0, 0.1) is 0 Å². The van der Waals surface area contributed by atoms with E-state index in [-0.39, 0.29) is 18.6 Å². The molecular weight excluding hydrogens is 392 g/mol. The van der Waals surface area contributed by atoms with Gasteiger partial charge in [-0.15, -0.1) is 0 Å². The van der Waals surface area contributed by atoms with Gasteiger partial charge in [0.15, 0.2) is 0 Å². The first-order chi connectivity index (χ1) is 14.9. The second-order valence-corrected chi connectivity index (χ2v) is 8.67. The van der Waals surface area contributed by atoms with Gasteiger partial charge in [-0.25, -0.2) is 9.59 Å². The lowest BCUT2D eigenvalue weighted by Gasteiger charge is -2.46. The van der Waals surface area contributed by atoms with Crippen molar-refractivity contribution in [2.45, 2.75) is 44.2 Å². The van der Waals surface area contributed by atoms with Crippen LogP contribution in [0.1, 0.15) is 43.7 Å². The number of benzene rings is 2. The number of carboxylic acids is 1. The number of amides is 1. The number of piperidine rings is 1. The monoisotopic (exact) mass is 422 g/mol. The fourth-order valence-corrected chi connectivity index (χ4v) is 5.16. The molecule has 2 aromatic rings. The van der Waals surface area contributed by atoms with Crippen LogP contribution >= 0.6 is 0 Å². The highest BCUT2D eigenvalue weighted by atomic mass is 16.6. The van der Waals surface area contributed by atoms with Crippen molar-refractivity contribution in [2.75, 3.05) is 26.7 Å². The molecule has 164 valence electrons. The molecule has 1 heterocycles. The number of hydrogen-bond acceptors (Lipinski definition) is 4. The molecule has 2 unspecified atom stereocenters. The lowest BCUT2D eigenvalue weighted by atomic mass is 9.82. The zero-order valence-electron chi connectivity index (χ0n) is 18.4. The van der Waals surface area contributed by atoms with E-state index in [1.54, 1.807) is 0 Å². The molecule has 1 N–H and O–H groups in total. The van der Waals surface area contributed by atoms with E-state index in [9.17, 15) is 14.7 Å². The molecular formula is C25H30N2O4. The van der Waals surface area contributed by atoms with E-state index >= 15 is 0 Å². The molecule has 1 amide bonds. The smallest absolute Gasteiger partial charge is 0.410 e. The average Bonchev–Trinajstić information content (AvgIpc) is 3.09. The average molecular weight is 423 g/mol. The van der Waals surface area contributed by atoms with Crippen LogP contribution in [0.25, 0.3) is 11.1 Å². The fraction of sp³-hybridized carbons (Fsp3) is 0.440. The van der Waals surface area contributed by atoms with Crippen LogP contribution < -0.4 is 0 Å². The van der Waals surface area contributed by atoms with Crippen molar-refractivity contribution in [3.63, 3.8) is 0 Å². The summed E-state index contributed by atoms with van der Waals surface area (Å²) in [5, 5.41) is 10.1. The Hall–Kier alpha value is -2.86. The molecule has 6 nitrogen and oxygen atoms in total. The zero-order chi connectivity index (χ0) is 22.2. The number of carbonyl (C=O) groups excluding carboxylic acids is 1. The number of likely N-dealkylation sites (tertiary alicyclic amines) is 1. The third kappa shape index (κ3) is 3.59. The number of likely N-dealkylation sites (N-methyl/N-ethyl adjacent to an activating group) is 1. The fourth-order valence-electron chi connectivity index (χ4n) is 5.16. The quantitative estimate of drug-likeness (QED) is 0.782. The number of nitrogens with zero attached hydrogens (tertiary/aromatic N) is 2. The largest absolute Gasteiger partial charge is 0.479 e. The van der Waals surface area contributed by atoms with Crippen LogP contribution in [0.5, 0.6) is 0 Å². The molecule has 0 saturated carbocycles. The Balaban J connectivity index is 1.56. The molecule has 1 saturated heterocycles. The maximum absolute atomic E-state index is 13.2. The summed E-state index contributed by atoms with van der Waals surface area (Å²) < 4.78 is 5.79. The molecule has 31 heavy (non-hydrogen) atoms. The summed E-state index contributed by atoms with van der Waals surface area (Å²) in [6, 6.07) is 16.4. The summed E-state index contributed by atoms with van der Waals surface area (Å²) in [5.41, 5.74) is 3.37. The van der Waals surface area contributed by atoms with E-state index in [0.717, 1.165) is 22.3 Å². The maximum atomic E-state index is 13.2. The number of aliphatic carboxylic acids is 1. The SMILES string of the molecule is CCN(C(=O)OCC1c2ccccc2-c2ccccc21)C1(C(=O)O)CCN(C)C(C)C1. The number of rotatable bonds is 5. The zero-order valence-corrected chi connectivity index (χ0v) is 18.4. The molecule has 0 aromatic heterocycles. The van der Waals surface area contributed by atoms with Gasteiger partial charge in [0.1, 0.15) is 12.1 Å². The summed E-state index contributed by atoms with van der Waals surface area (Å²) in [6.45, 7) is 4.92. The van der Waals surface area contributed by atoms with Gasteiger partial charge < -0.3 is 14.7 Å². The Bertz CT molecular complexity index is 945. The van der Waals surface area contributed by atoms with Gasteiger partial charge in [0.25, 0.3) is 0 Å². The topological polar surface area (TPSA) is 70.1 Å². The Labute approximate surface area is 183 Å². The standard InChI is InChI=1S/C25H30N2O4/c1-4-27(25(23(28)29)13-14-26(3)17(2)15-25)24(30)31-16-22-20-11-7-5-9-18(20)19-10-6-8-12-21(19)22/h5-12,17,22H,4,13-16H2,1-3H3,(H,28,29). The summed E-state index contributed by atoms with van der Waals surface area (Å²) in [6.07, 6.45) is 0.224. The molecule has 2 atom stereocenters. The Kier molecular flexibility index (Phi) is 5.75. The number of carbonyl (C=O) groups is 2. The van der Waals surface area contributed by atoms with Crippen molar-refractivity contribution in [3.8, 4) is 11.1 Å². The first-order valence-electron chi connectivity index (χ1n) is 10.9. The van der Waals surface area contributed by atoms with Crippen LogP contribution in [-0.2, 0) is 9.53 Å². The van der Waals surface area contributed by atoms with Gasteiger partial charge in [-0.2, -0.15) is 0 Å². The van der Waals surface area contributed by atoms with Gasteiger partial charge in [-0.3, -0.25) is 4.90 Å². The minimum absolute atomic E-state index is 0.0488. The number of fused-ring (bicyclic) bond motifs is 3. The molecule has 2 aliphatic rings. The van der Waals surface area contributed by atoms with Crippen molar-refractivity contribution >= 4 is 12.1 Å². The predicted molar refractivity (Wildman–Crippen MR) is 119 cm³/mol. The summed E-state index contributed by atoms with van der Waals surface area (Å²) in [7, 11) is 1.99. The van der Waals surface area contributed by atoms with Crippen LogP contribution in [0.3, 0.4) is 0 Å². The Morgan fingerprint density at radius 1 is 1.13 bits per heavy atom. The lowest BCUT2D eigenvalue weighted by Crippen LogP contribution is -2.63. The minimum Gasteiger partial charge on any atom is -0.479 e. The van der Waals surface area contributed by atoms with Gasteiger partial charge in [0.2, 0.25) is 0 Å². The Morgan fingerprint density at radius 2 is 1.71 bits per heavy atom. The minimum atomic E-state index is -1.23. The first-order valence-corrected chi connectivity index (χ1v) is 10.9. The highest BCUT2D eigenvalue weighted by molar-refractivity contribution is 5.85. The van der Waals surface area contributed by atoms with Gasteiger partial charge in [0.05, 0.1) is 0 Å². The van der Waals surface area contributed by atoms with Gasteiger partial charge in [0, 0.05) is 25.0 Å². The molecule has 0 radical (unpaired) electrons. The highest BCUT2D eigenvalue weighted by Gasteiger charge is 2.50. The molecule has 1 fully saturated rings. The number of carboxylic acid groups (broad SMARTS) is 1. The normalized spacial score (nSPS) is 23.1. The molecule has 0 bridgehead atoms. The third-order valence-electron chi connectivity index (χ3n) is 7.05. The molecule has 4 rings (SSSR count). The second kappa shape index (κ2) is 8.35. The first kappa shape index (κ1) is 21.4. The van der Waals surface area contributed by atoms with Gasteiger partial charge in [-0.1, -0.05) is 48.5 Å². The van der Waals surface area contributed by atoms with Crippen molar-refractivity contribution in [2.24, 2.45) is 0 Å². The van der Waals surface area contributed by atoms with E-state index in [4.69, 9.17) is 4.74 Å². The van der Waals surface area contributed by atoms with E-state index < -0.39 is 17.6 Å². The van der Waals surface area contributed by atoms with E-state index in [0.29, 0.717) is 25.9 Å². The summed E-state index contributed by atoms with van der Waals surface area (Å²) in [4.78, 5) is 29.1. The van der Waals surface area contributed by atoms with Crippen LogP contribution in [0.15, 0.2) is 48.5 Å². The van der Waals surface area contributed by atoms with Crippen molar-refractivity contribution in [1.29, 1.82) is 0 Å². The van der Waals surface area contributed by atoms with Gasteiger partial charge in [-0.05, 0) is 56.0 Å². The molecule has 1 aliphatic carbocycles. The van der Waals surface area contributed by atoms with Crippen LogP contribution in [0.4, 0.5) is 4.79 Å². The second-order valence-electron chi connectivity index (χ2n) is 8.67.